The molecule has 1 aliphatic rings. The Kier molecular flexibility index (Phi) is 6.01. The van der Waals surface area contributed by atoms with E-state index >= 15 is 0 Å². The van der Waals surface area contributed by atoms with Gasteiger partial charge in [-0.3, -0.25) is 10.1 Å². The number of nitro benzene ring substituents is 1. The van der Waals surface area contributed by atoms with Gasteiger partial charge in [0.25, 0.3) is 5.69 Å². The monoisotopic (exact) mass is 360 g/mol. The van der Waals surface area contributed by atoms with E-state index in [1.165, 1.54) is 16.4 Å². The van der Waals surface area contributed by atoms with Gasteiger partial charge >= 0.3 is 0 Å². The predicted molar refractivity (Wildman–Crippen MR) is 88.1 cm³/mol. The summed E-state index contributed by atoms with van der Waals surface area (Å²) in [5.41, 5.74) is -0.241. The van der Waals surface area contributed by atoms with Crippen LogP contribution in [0.1, 0.15) is 19.8 Å². The molecular weight excluding hydrogens is 340 g/mol. The van der Waals surface area contributed by atoms with Crippen LogP contribution in [0.4, 0.5) is 5.69 Å². The number of piperidine rings is 1. The van der Waals surface area contributed by atoms with Gasteiger partial charge in [-0.15, -0.1) is 11.8 Å². The Morgan fingerprint density at radius 2 is 2.04 bits per heavy atom. The van der Waals surface area contributed by atoms with E-state index < -0.39 is 14.9 Å². The molecule has 1 heterocycles. The molecule has 0 unspecified atom stereocenters. The van der Waals surface area contributed by atoms with Crippen molar-refractivity contribution in [3.05, 3.63) is 28.3 Å². The molecule has 0 spiro atoms. The predicted octanol–water partition coefficient (Wildman–Crippen LogP) is 2.10. The highest BCUT2D eigenvalue weighted by molar-refractivity contribution is 7.99. The van der Waals surface area contributed by atoms with Crippen molar-refractivity contribution in [1.82, 2.24) is 4.31 Å². The maximum atomic E-state index is 12.7. The number of hydrogen-bond acceptors (Lipinski definition) is 6. The molecule has 0 bridgehead atoms. The number of sulfonamides is 1. The normalized spacial score (nSPS) is 17.3. The van der Waals surface area contributed by atoms with Crippen LogP contribution in [0.2, 0.25) is 0 Å². The molecule has 1 aromatic rings. The molecule has 1 saturated heterocycles. The molecule has 7 nitrogen and oxygen atoms in total. The van der Waals surface area contributed by atoms with E-state index in [0.29, 0.717) is 29.7 Å². The van der Waals surface area contributed by atoms with Crippen molar-refractivity contribution < 1.29 is 18.4 Å². The lowest BCUT2D eigenvalue weighted by atomic mass is 10.0. The number of nitro groups is 1. The Balaban J connectivity index is 2.31. The molecular formula is C14H20N2O5S2. The third-order valence-corrected chi connectivity index (χ3v) is 6.79. The van der Waals surface area contributed by atoms with Gasteiger partial charge in [0.1, 0.15) is 0 Å². The molecule has 1 fully saturated rings. The van der Waals surface area contributed by atoms with Gasteiger partial charge in [-0.05, 0) is 30.9 Å². The van der Waals surface area contributed by atoms with Gasteiger partial charge in [0.05, 0.1) is 21.3 Å². The second kappa shape index (κ2) is 7.61. The first kappa shape index (κ1) is 18.2. The molecule has 0 saturated carbocycles. The lowest BCUT2D eigenvalue weighted by molar-refractivity contribution is -0.388. The third kappa shape index (κ3) is 4.23. The maximum absolute atomic E-state index is 12.7. The van der Waals surface area contributed by atoms with Crippen LogP contribution in [0.5, 0.6) is 0 Å². The average molecular weight is 360 g/mol. The van der Waals surface area contributed by atoms with Gasteiger partial charge in [-0.1, -0.05) is 6.92 Å². The van der Waals surface area contributed by atoms with Crippen molar-refractivity contribution >= 4 is 27.5 Å². The fourth-order valence-corrected chi connectivity index (χ4v) is 4.70. The van der Waals surface area contributed by atoms with E-state index in [-0.39, 0.29) is 17.2 Å². The Morgan fingerprint density at radius 3 is 2.61 bits per heavy atom. The van der Waals surface area contributed by atoms with Gasteiger partial charge in [0.15, 0.2) is 0 Å². The Bertz CT molecular complexity index is 670. The topological polar surface area (TPSA) is 101 Å². The Morgan fingerprint density at radius 1 is 1.39 bits per heavy atom. The summed E-state index contributed by atoms with van der Waals surface area (Å²) in [4.78, 5) is 10.9. The Hall–Kier alpha value is -1.16. The molecule has 0 amide bonds. The summed E-state index contributed by atoms with van der Waals surface area (Å²) in [6, 6.07) is 3.96. The number of aliphatic hydroxyl groups is 1. The standard InChI is InChI=1S/C14H20N2O5S2/c1-11-4-6-15(7-5-11)23(20,21)12-2-3-14(22-9-8-17)13(10-12)16(18)19/h2-3,10-11,17H,4-9H2,1H3. The number of thioether (sulfide) groups is 1. The molecule has 1 aromatic carbocycles. The minimum absolute atomic E-state index is 0.0490. The van der Waals surface area contributed by atoms with Crippen LogP contribution in [0, 0.1) is 16.0 Å². The number of benzene rings is 1. The maximum Gasteiger partial charge on any atom is 0.284 e. The fraction of sp³-hybridized carbons (Fsp3) is 0.571. The minimum atomic E-state index is -3.71. The molecule has 0 aromatic heterocycles. The zero-order valence-corrected chi connectivity index (χ0v) is 14.5. The van der Waals surface area contributed by atoms with Crippen LogP contribution in [0.3, 0.4) is 0 Å². The summed E-state index contributed by atoms with van der Waals surface area (Å²) < 4.78 is 26.7. The molecule has 2 rings (SSSR count). The van der Waals surface area contributed by atoms with E-state index in [9.17, 15) is 18.5 Å². The van der Waals surface area contributed by atoms with Crippen molar-refractivity contribution in [2.75, 3.05) is 25.4 Å². The highest BCUT2D eigenvalue weighted by atomic mass is 32.2. The lowest BCUT2D eigenvalue weighted by Crippen LogP contribution is -2.37. The van der Waals surface area contributed by atoms with Crippen LogP contribution >= 0.6 is 11.8 Å². The molecule has 128 valence electrons. The van der Waals surface area contributed by atoms with Gasteiger partial charge < -0.3 is 5.11 Å². The highest BCUT2D eigenvalue weighted by Gasteiger charge is 2.30. The number of hydrogen-bond donors (Lipinski definition) is 1. The highest BCUT2D eigenvalue weighted by Crippen LogP contribution is 2.33. The van der Waals surface area contributed by atoms with E-state index in [4.69, 9.17) is 5.11 Å². The Labute approximate surface area is 139 Å². The number of rotatable bonds is 6. The van der Waals surface area contributed by atoms with E-state index in [0.717, 1.165) is 30.7 Å². The van der Waals surface area contributed by atoms with Crippen LogP contribution in [0.25, 0.3) is 0 Å². The molecule has 0 radical (unpaired) electrons. The summed E-state index contributed by atoms with van der Waals surface area (Å²) >= 11 is 1.13. The fourth-order valence-electron chi connectivity index (χ4n) is 2.45. The van der Waals surface area contributed by atoms with Gasteiger partial charge in [0.2, 0.25) is 10.0 Å². The van der Waals surface area contributed by atoms with Crippen LogP contribution in [-0.4, -0.2) is 48.2 Å². The largest absolute Gasteiger partial charge is 0.396 e. The van der Waals surface area contributed by atoms with Crippen molar-refractivity contribution in [1.29, 1.82) is 0 Å². The second-order valence-corrected chi connectivity index (χ2v) is 8.62. The number of aliphatic hydroxyl groups excluding tert-OH is 1. The zero-order valence-electron chi connectivity index (χ0n) is 12.8. The van der Waals surface area contributed by atoms with Gasteiger partial charge in [-0.2, -0.15) is 4.31 Å². The van der Waals surface area contributed by atoms with Crippen molar-refractivity contribution in [3.63, 3.8) is 0 Å². The summed E-state index contributed by atoms with van der Waals surface area (Å²) in [6.07, 6.45) is 1.59. The third-order valence-electron chi connectivity index (χ3n) is 3.86. The summed E-state index contributed by atoms with van der Waals surface area (Å²) in [7, 11) is -3.71. The SMILES string of the molecule is CC1CCN(S(=O)(=O)c2ccc(SCCO)c([N+](=O)[O-])c2)CC1. The number of nitrogens with zero attached hydrogens (tertiary/aromatic N) is 2. The van der Waals surface area contributed by atoms with E-state index in [1.54, 1.807) is 0 Å². The van der Waals surface area contributed by atoms with Crippen LogP contribution in [-0.2, 0) is 10.0 Å². The lowest BCUT2D eigenvalue weighted by Gasteiger charge is -2.29. The van der Waals surface area contributed by atoms with Crippen LogP contribution in [0.15, 0.2) is 28.0 Å². The second-order valence-electron chi connectivity index (χ2n) is 5.55. The van der Waals surface area contributed by atoms with Gasteiger partial charge in [-0.25, -0.2) is 8.42 Å². The summed E-state index contributed by atoms with van der Waals surface area (Å²) in [6.45, 7) is 2.87. The first-order valence-corrected chi connectivity index (χ1v) is 9.81. The molecule has 23 heavy (non-hydrogen) atoms. The smallest absolute Gasteiger partial charge is 0.284 e. The molecule has 0 aliphatic carbocycles. The average Bonchev–Trinajstić information content (AvgIpc) is 2.53. The molecule has 1 aliphatic heterocycles. The van der Waals surface area contributed by atoms with E-state index in [1.807, 2.05) is 0 Å². The van der Waals surface area contributed by atoms with Crippen molar-refractivity contribution in [2.45, 2.75) is 29.6 Å². The van der Waals surface area contributed by atoms with Crippen molar-refractivity contribution in [2.24, 2.45) is 5.92 Å². The van der Waals surface area contributed by atoms with E-state index in [2.05, 4.69) is 6.92 Å². The summed E-state index contributed by atoms with van der Waals surface area (Å²) in [5.74, 6) is 0.810. The quantitative estimate of drug-likeness (QED) is 0.474. The first-order chi connectivity index (χ1) is 10.9. The van der Waals surface area contributed by atoms with Crippen molar-refractivity contribution in [3.8, 4) is 0 Å². The van der Waals surface area contributed by atoms with Crippen LogP contribution < -0.4 is 0 Å². The molecule has 9 heteroatoms. The first-order valence-electron chi connectivity index (χ1n) is 7.38. The minimum Gasteiger partial charge on any atom is -0.396 e. The van der Waals surface area contributed by atoms with Gasteiger partial charge in [0, 0.05) is 24.9 Å². The molecule has 0 atom stereocenters. The summed E-state index contributed by atoms with van der Waals surface area (Å²) in [5, 5.41) is 20.0. The molecule has 1 N–H and O–H groups in total. The zero-order chi connectivity index (χ0) is 17.0.